The van der Waals surface area contributed by atoms with Crippen LogP contribution in [0, 0.1) is 0 Å². The fraction of sp³-hybridized carbons (Fsp3) is 0.577. The van der Waals surface area contributed by atoms with Gasteiger partial charge in [0.1, 0.15) is 11.4 Å². The summed E-state index contributed by atoms with van der Waals surface area (Å²) in [5, 5.41) is 20.6. The van der Waals surface area contributed by atoms with Gasteiger partial charge in [0.15, 0.2) is 5.03 Å². The van der Waals surface area contributed by atoms with Gasteiger partial charge < -0.3 is 14.8 Å². The highest BCUT2D eigenvalue weighted by Gasteiger charge is 2.33. The molecule has 1 aromatic carbocycles. The Morgan fingerprint density at radius 2 is 1.54 bits per heavy atom. The van der Waals surface area contributed by atoms with E-state index in [0.29, 0.717) is 31.7 Å². The van der Waals surface area contributed by atoms with Crippen molar-refractivity contribution >= 4 is 27.8 Å². The van der Waals surface area contributed by atoms with Crippen LogP contribution < -0.4 is 0 Å². The van der Waals surface area contributed by atoms with Crippen molar-refractivity contribution in [2.24, 2.45) is 0 Å². The molecular formula is C26H38N2O5S2. The zero-order chi connectivity index (χ0) is 26.3. The predicted octanol–water partition coefficient (Wildman–Crippen LogP) is 5.45. The zero-order valence-corrected chi connectivity index (χ0v) is 23.4. The first kappa shape index (κ1) is 27.6. The van der Waals surface area contributed by atoms with Crippen molar-refractivity contribution < 1.29 is 23.4 Å². The third-order valence-electron chi connectivity index (χ3n) is 6.48. The first-order chi connectivity index (χ1) is 16.1. The Hall–Kier alpha value is -1.97. The molecule has 1 aliphatic rings. The summed E-state index contributed by atoms with van der Waals surface area (Å²) in [5.41, 5.74) is 1.40. The minimum Gasteiger partial charge on any atom is -0.507 e. The molecular weight excluding hydrogens is 484 g/mol. The summed E-state index contributed by atoms with van der Waals surface area (Å²) in [5.74, 6) is -0.781. The van der Waals surface area contributed by atoms with E-state index in [2.05, 4.69) is 53.7 Å². The molecule has 2 heterocycles. The van der Waals surface area contributed by atoms with Crippen molar-refractivity contribution in [1.29, 1.82) is 0 Å². The van der Waals surface area contributed by atoms with E-state index in [-0.39, 0.29) is 33.3 Å². The molecule has 2 aromatic rings. The van der Waals surface area contributed by atoms with Gasteiger partial charge >= 0.3 is 5.97 Å². The van der Waals surface area contributed by atoms with Crippen molar-refractivity contribution in [3.63, 3.8) is 0 Å². The highest BCUT2D eigenvalue weighted by atomic mass is 32.2. The monoisotopic (exact) mass is 522 g/mol. The van der Waals surface area contributed by atoms with Crippen LogP contribution in [0.2, 0.25) is 0 Å². The molecule has 7 nitrogen and oxygen atoms in total. The van der Waals surface area contributed by atoms with Crippen LogP contribution in [0.1, 0.15) is 82.9 Å². The van der Waals surface area contributed by atoms with Crippen LogP contribution in [0.5, 0.6) is 5.75 Å². The molecule has 3 rings (SSSR count). The molecule has 1 fully saturated rings. The van der Waals surface area contributed by atoms with Crippen LogP contribution in [0.25, 0.3) is 0 Å². The summed E-state index contributed by atoms with van der Waals surface area (Å²) in [6.45, 7) is 15.3. The number of nitrogens with zero attached hydrogens (tertiary/aromatic N) is 2. The number of piperidine rings is 1. The number of phenols is 1. The van der Waals surface area contributed by atoms with Gasteiger partial charge in [-0.25, -0.2) is 13.2 Å². The fourth-order valence-corrected chi connectivity index (χ4v) is 7.43. The number of aromatic carboxylic acids is 1. The maximum Gasteiger partial charge on any atom is 0.352 e. The van der Waals surface area contributed by atoms with Crippen molar-refractivity contribution in [3.8, 4) is 5.75 Å². The third kappa shape index (κ3) is 5.73. The molecule has 0 saturated carbocycles. The second-order valence-corrected chi connectivity index (χ2v) is 14.5. The molecule has 2 N–H and O–H groups in total. The Morgan fingerprint density at radius 1 is 1.03 bits per heavy atom. The number of thioether (sulfide) groups is 1. The van der Waals surface area contributed by atoms with Crippen LogP contribution in [0.3, 0.4) is 0 Å². The molecule has 0 unspecified atom stereocenters. The number of aromatic hydroxyl groups is 1. The van der Waals surface area contributed by atoms with Crippen LogP contribution in [0.15, 0.2) is 34.2 Å². The number of carbonyl (C=O) groups is 1. The first-order valence-electron chi connectivity index (χ1n) is 12.0. The lowest BCUT2D eigenvalue weighted by molar-refractivity contribution is 0.0684. The summed E-state index contributed by atoms with van der Waals surface area (Å²) in [6.07, 6.45) is 1.39. The second-order valence-electron chi connectivity index (χ2n) is 11.2. The number of phenolic OH excluding ortho intramolecular Hbond substituents is 1. The maximum absolute atomic E-state index is 13.3. The zero-order valence-electron chi connectivity index (χ0n) is 21.8. The van der Waals surface area contributed by atoms with Gasteiger partial charge in [0.05, 0.1) is 0 Å². The van der Waals surface area contributed by atoms with Gasteiger partial charge in [-0.05, 0) is 54.9 Å². The number of sulfonamides is 1. The SMILES string of the molecule is CCn1c(C(=O)O)ccc1S(=O)(=O)N1CCC(Sc2cc(C(C)(C)C)c(O)c(C(C)(C)C)c2)CC1. The van der Waals surface area contributed by atoms with E-state index >= 15 is 0 Å². The van der Waals surface area contributed by atoms with Gasteiger partial charge in [-0.1, -0.05) is 41.5 Å². The average Bonchev–Trinajstić information content (AvgIpc) is 3.19. The number of rotatable bonds is 6. The Kier molecular flexibility index (Phi) is 7.75. The fourth-order valence-electron chi connectivity index (χ4n) is 4.52. The van der Waals surface area contributed by atoms with Gasteiger partial charge in [-0.3, -0.25) is 0 Å². The summed E-state index contributed by atoms with van der Waals surface area (Å²) in [4.78, 5) is 12.5. The Morgan fingerprint density at radius 3 is 1.97 bits per heavy atom. The van der Waals surface area contributed by atoms with E-state index in [1.54, 1.807) is 18.7 Å². The lowest BCUT2D eigenvalue weighted by atomic mass is 9.79. The maximum atomic E-state index is 13.3. The summed E-state index contributed by atoms with van der Waals surface area (Å²) < 4.78 is 29.4. The van der Waals surface area contributed by atoms with E-state index < -0.39 is 16.0 Å². The van der Waals surface area contributed by atoms with Gasteiger partial charge in [0.25, 0.3) is 10.0 Å². The number of carboxylic acid groups (broad SMARTS) is 1. The average molecular weight is 523 g/mol. The van der Waals surface area contributed by atoms with Crippen LogP contribution in [-0.2, 0) is 27.4 Å². The molecule has 194 valence electrons. The summed E-state index contributed by atoms with van der Waals surface area (Å²) >= 11 is 1.74. The highest BCUT2D eigenvalue weighted by molar-refractivity contribution is 8.00. The number of benzene rings is 1. The quantitative estimate of drug-likeness (QED) is 0.523. The summed E-state index contributed by atoms with van der Waals surface area (Å²) in [7, 11) is -3.78. The van der Waals surface area contributed by atoms with E-state index in [4.69, 9.17) is 0 Å². The first-order valence-corrected chi connectivity index (χ1v) is 14.4. The van der Waals surface area contributed by atoms with E-state index in [0.717, 1.165) is 16.0 Å². The number of hydrogen-bond acceptors (Lipinski definition) is 5. The summed E-state index contributed by atoms with van der Waals surface area (Å²) in [6, 6.07) is 6.88. The lowest BCUT2D eigenvalue weighted by Crippen LogP contribution is -2.40. The predicted molar refractivity (Wildman–Crippen MR) is 140 cm³/mol. The van der Waals surface area contributed by atoms with Crippen LogP contribution in [0.4, 0.5) is 0 Å². The van der Waals surface area contributed by atoms with Crippen molar-refractivity contribution in [1.82, 2.24) is 8.87 Å². The minimum atomic E-state index is -3.78. The van der Waals surface area contributed by atoms with Crippen LogP contribution in [-0.4, -0.2) is 51.8 Å². The number of carboxylic acids is 1. The smallest absolute Gasteiger partial charge is 0.352 e. The molecule has 0 aliphatic carbocycles. The van der Waals surface area contributed by atoms with Gasteiger partial charge in [0.2, 0.25) is 0 Å². The molecule has 0 atom stereocenters. The highest BCUT2D eigenvalue weighted by Crippen LogP contribution is 2.43. The Bertz CT molecular complexity index is 1160. The Balaban J connectivity index is 1.80. The van der Waals surface area contributed by atoms with Crippen molar-refractivity contribution in [3.05, 3.63) is 41.1 Å². The van der Waals surface area contributed by atoms with Crippen molar-refractivity contribution in [2.45, 2.75) is 93.9 Å². The molecule has 0 amide bonds. The number of hydrogen-bond donors (Lipinski definition) is 2. The standard InChI is InChI=1S/C26H38N2O5S2/c1-8-28-21(24(30)31)9-10-22(28)35(32,33)27-13-11-17(12-14-27)34-18-15-19(25(2,3)4)23(29)20(16-18)26(5,6)7/h9-10,15-17,29H,8,11-14H2,1-7H3,(H,30,31). The third-order valence-corrected chi connectivity index (χ3v) is 9.73. The van der Waals surface area contributed by atoms with Crippen molar-refractivity contribution in [2.75, 3.05) is 13.1 Å². The molecule has 1 aliphatic heterocycles. The van der Waals surface area contributed by atoms with Gasteiger partial charge in [-0.15, -0.1) is 11.8 Å². The molecule has 0 radical (unpaired) electrons. The molecule has 35 heavy (non-hydrogen) atoms. The van der Waals surface area contributed by atoms with Gasteiger partial charge in [0, 0.05) is 40.9 Å². The number of aromatic nitrogens is 1. The van der Waals surface area contributed by atoms with E-state index in [1.165, 1.54) is 21.0 Å². The molecule has 0 bridgehead atoms. The Labute approximate surface area is 213 Å². The van der Waals surface area contributed by atoms with E-state index in [1.807, 2.05) is 0 Å². The topological polar surface area (TPSA) is 99.8 Å². The molecule has 1 aromatic heterocycles. The minimum absolute atomic E-state index is 0.0202. The largest absolute Gasteiger partial charge is 0.507 e. The lowest BCUT2D eigenvalue weighted by Gasteiger charge is -2.32. The second kappa shape index (κ2) is 9.82. The molecule has 1 saturated heterocycles. The van der Waals surface area contributed by atoms with E-state index in [9.17, 15) is 23.4 Å². The van der Waals surface area contributed by atoms with Gasteiger partial charge in [-0.2, -0.15) is 4.31 Å². The molecule has 9 heteroatoms. The molecule has 0 spiro atoms. The van der Waals surface area contributed by atoms with Crippen LogP contribution >= 0.6 is 11.8 Å². The normalized spacial score (nSPS) is 16.5.